The monoisotopic (exact) mass is 540 g/mol. The standard InChI is InChI=1S/C32H36N4O4/c1-3-33-32(39)26-15-16-29-27(19-26)36(31(38)22-40-29)21-30(37)34(2)28(20-35-17-7-8-18-35)25-13-11-24(12-14-25)23-9-5-4-6-10-23/h4-6,9-16,19,28H,3,7-8,17-18,20-22H2,1-2H3,(H,33,39). The van der Waals surface area contributed by atoms with Crippen molar-refractivity contribution in [3.05, 3.63) is 83.9 Å². The highest BCUT2D eigenvalue weighted by Gasteiger charge is 2.32. The number of benzene rings is 3. The van der Waals surface area contributed by atoms with Gasteiger partial charge in [-0.2, -0.15) is 0 Å². The topological polar surface area (TPSA) is 82.2 Å². The summed E-state index contributed by atoms with van der Waals surface area (Å²) in [5, 5.41) is 2.77. The second kappa shape index (κ2) is 12.3. The van der Waals surface area contributed by atoms with Gasteiger partial charge in [0, 0.05) is 25.7 Å². The number of likely N-dealkylation sites (tertiary alicyclic amines) is 1. The first kappa shape index (κ1) is 27.4. The average molecular weight is 541 g/mol. The normalized spacial score (nSPS) is 15.8. The van der Waals surface area contributed by atoms with Crippen LogP contribution >= 0.6 is 0 Å². The molecule has 0 bridgehead atoms. The Morgan fingerprint density at radius 1 is 0.975 bits per heavy atom. The molecule has 1 fully saturated rings. The van der Waals surface area contributed by atoms with Crippen molar-refractivity contribution < 1.29 is 19.1 Å². The average Bonchev–Trinajstić information content (AvgIpc) is 3.51. The van der Waals surface area contributed by atoms with Gasteiger partial charge >= 0.3 is 0 Å². The van der Waals surface area contributed by atoms with Crippen molar-refractivity contribution in [2.45, 2.75) is 25.8 Å². The van der Waals surface area contributed by atoms with E-state index in [1.165, 1.54) is 4.90 Å². The minimum atomic E-state index is -0.314. The summed E-state index contributed by atoms with van der Waals surface area (Å²) >= 11 is 0. The highest BCUT2D eigenvalue weighted by Crippen LogP contribution is 2.34. The van der Waals surface area contributed by atoms with E-state index in [4.69, 9.17) is 4.74 Å². The van der Waals surface area contributed by atoms with E-state index in [0.717, 1.165) is 49.2 Å². The van der Waals surface area contributed by atoms with Crippen LogP contribution in [0, 0.1) is 0 Å². The van der Waals surface area contributed by atoms with Gasteiger partial charge in [-0.3, -0.25) is 19.3 Å². The molecule has 1 unspecified atom stereocenters. The van der Waals surface area contributed by atoms with Gasteiger partial charge in [-0.25, -0.2) is 0 Å². The predicted octanol–water partition coefficient (Wildman–Crippen LogP) is 4.12. The molecule has 0 radical (unpaired) electrons. The summed E-state index contributed by atoms with van der Waals surface area (Å²) in [7, 11) is 1.81. The largest absolute Gasteiger partial charge is 0.482 e. The molecule has 40 heavy (non-hydrogen) atoms. The Kier molecular flexibility index (Phi) is 8.45. The number of carbonyl (C=O) groups is 3. The van der Waals surface area contributed by atoms with Gasteiger partial charge in [0.05, 0.1) is 11.7 Å². The van der Waals surface area contributed by atoms with Crippen LogP contribution in [0.5, 0.6) is 5.75 Å². The Morgan fingerprint density at radius 2 is 1.68 bits per heavy atom. The lowest BCUT2D eigenvalue weighted by Gasteiger charge is -2.35. The molecule has 3 aromatic rings. The maximum absolute atomic E-state index is 13.8. The number of rotatable bonds is 9. The molecule has 8 heteroatoms. The van der Waals surface area contributed by atoms with Crippen molar-refractivity contribution >= 4 is 23.4 Å². The highest BCUT2D eigenvalue weighted by atomic mass is 16.5. The van der Waals surface area contributed by atoms with Crippen molar-refractivity contribution in [1.29, 1.82) is 0 Å². The van der Waals surface area contributed by atoms with Crippen LogP contribution in [-0.4, -0.2) is 73.9 Å². The van der Waals surface area contributed by atoms with E-state index in [-0.39, 0.29) is 36.9 Å². The molecule has 0 aromatic heterocycles. The van der Waals surface area contributed by atoms with Gasteiger partial charge in [0.1, 0.15) is 12.3 Å². The number of nitrogens with one attached hydrogen (secondary N) is 1. The van der Waals surface area contributed by atoms with Crippen LogP contribution in [-0.2, 0) is 9.59 Å². The zero-order chi connectivity index (χ0) is 28.1. The van der Waals surface area contributed by atoms with Crippen LogP contribution in [0.3, 0.4) is 0 Å². The third-order valence-corrected chi connectivity index (χ3v) is 7.69. The molecule has 5 rings (SSSR count). The van der Waals surface area contributed by atoms with Crippen LogP contribution < -0.4 is 15.0 Å². The second-order valence-corrected chi connectivity index (χ2v) is 10.3. The zero-order valence-corrected chi connectivity index (χ0v) is 23.1. The number of carbonyl (C=O) groups excluding carboxylic acids is 3. The third-order valence-electron chi connectivity index (χ3n) is 7.69. The second-order valence-electron chi connectivity index (χ2n) is 10.3. The van der Waals surface area contributed by atoms with E-state index in [2.05, 4.69) is 46.6 Å². The van der Waals surface area contributed by atoms with Crippen LogP contribution in [0.25, 0.3) is 11.1 Å². The van der Waals surface area contributed by atoms with Gasteiger partial charge < -0.3 is 19.9 Å². The van der Waals surface area contributed by atoms with Crippen molar-refractivity contribution in [1.82, 2.24) is 15.1 Å². The van der Waals surface area contributed by atoms with Gasteiger partial charge in [0.2, 0.25) is 5.91 Å². The molecule has 2 heterocycles. The van der Waals surface area contributed by atoms with Crippen LogP contribution in [0.15, 0.2) is 72.8 Å². The first-order valence-electron chi connectivity index (χ1n) is 13.9. The lowest BCUT2D eigenvalue weighted by molar-refractivity contribution is -0.133. The number of ether oxygens (including phenoxy) is 1. The molecule has 0 aliphatic carbocycles. The van der Waals surface area contributed by atoms with E-state index < -0.39 is 0 Å². The Bertz CT molecular complexity index is 1350. The molecule has 0 saturated carbocycles. The summed E-state index contributed by atoms with van der Waals surface area (Å²) in [6, 6.07) is 23.4. The molecular weight excluding hydrogens is 504 g/mol. The number of fused-ring (bicyclic) bond motifs is 1. The van der Waals surface area contributed by atoms with Gasteiger partial charge in [-0.15, -0.1) is 0 Å². The molecule has 1 atom stereocenters. The number of hydrogen-bond acceptors (Lipinski definition) is 5. The maximum atomic E-state index is 13.8. The molecule has 3 amide bonds. The minimum absolute atomic E-state index is 0.136. The minimum Gasteiger partial charge on any atom is -0.482 e. The van der Waals surface area contributed by atoms with Gasteiger partial charge in [-0.05, 0) is 67.7 Å². The van der Waals surface area contributed by atoms with E-state index >= 15 is 0 Å². The fraction of sp³-hybridized carbons (Fsp3) is 0.344. The zero-order valence-electron chi connectivity index (χ0n) is 23.1. The van der Waals surface area contributed by atoms with Crippen LogP contribution in [0.4, 0.5) is 5.69 Å². The number of likely N-dealkylation sites (N-methyl/N-ethyl adjacent to an activating group) is 1. The van der Waals surface area contributed by atoms with Gasteiger partial charge in [-0.1, -0.05) is 54.6 Å². The van der Waals surface area contributed by atoms with Crippen molar-refractivity contribution in [2.24, 2.45) is 0 Å². The Hall–Kier alpha value is -4.17. The van der Waals surface area contributed by atoms with E-state index in [1.54, 1.807) is 23.1 Å². The summed E-state index contributed by atoms with van der Waals surface area (Å²) in [5.74, 6) is -0.254. The van der Waals surface area contributed by atoms with E-state index in [1.807, 2.05) is 32.2 Å². The summed E-state index contributed by atoms with van der Waals surface area (Å²) < 4.78 is 5.60. The Balaban J connectivity index is 1.38. The summed E-state index contributed by atoms with van der Waals surface area (Å²) in [5.41, 5.74) is 4.16. The Labute approximate surface area is 235 Å². The molecular formula is C32H36N4O4. The summed E-state index contributed by atoms with van der Waals surface area (Å²) in [6.07, 6.45) is 2.31. The lowest BCUT2D eigenvalue weighted by atomic mass is 9.99. The van der Waals surface area contributed by atoms with Gasteiger partial charge in [0.25, 0.3) is 11.8 Å². The maximum Gasteiger partial charge on any atom is 0.265 e. The third kappa shape index (κ3) is 6.02. The molecule has 3 aromatic carbocycles. The molecule has 0 spiro atoms. The molecule has 208 valence electrons. The fourth-order valence-electron chi connectivity index (χ4n) is 5.39. The molecule has 1 N–H and O–H groups in total. The SMILES string of the molecule is CCNC(=O)c1ccc2c(c1)N(CC(=O)N(C)C(CN1CCCC1)c1ccc(-c3ccccc3)cc1)C(=O)CO2. The number of amides is 3. The smallest absolute Gasteiger partial charge is 0.265 e. The molecule has 2 aliphatic heterocycles. The summed E-state index contributed by atoms with van der Waals surface area (Å²) in [4.78, 5) is 44.7. The molecule has 1 saturated heterocycles. The van der Waals surface area contributed by atoms with Crippen LogP contribution in [0.1, 0.15) is 41.7 Å². The fourth-order valence-corrected chi connectivity index (χ4v) is 5.39. The van der Waals surface area contributed by atoms with Gasteiger partial charge in [0.15, 0.2) is 6.61 Å². The van der Waals surface area contributed by atoms with Crippen molar-refractivity contribution in [2.75, 3.05) is 51.3 Å². The quantitative estimate of drug-likeness (QED) is 0.442. The van der Waals surface area contributed by atoms with E-state index in [9.17, 15) is 14.4 Å². The van der Waals surface area contributed by atoms with Crippen molar-refractivity contribution in [3.8, 4) is 16.9 Å². The number of nitrogens with zero attached hydrogens (tertiary/aromatic N) is 3. The highest BCUT2D eigenvalue weighted by molar-refractivity contribution is 6.04. The number of hydrogen-bond donors (Lipinski definition) is 1. The summed E-state index contributed by atoms with van der Waals surface area (Å²) in [6.45, 7) is 4.80. The first-order chi connectivity index (χ1) is 19.4. The molecule has 8 nitrogen and oxygen atoms in total. The van der Waals surface area contributed by atoms with E-state index in [0.29, 0.717) is 23.5 Å². The molecule has 2 aliphatic rings. The van der Waals surface area contributed by atoms with Crippen LogP contribution in [0.2, 0.25) is 0 Å². The first-order valence-corrected chi connectivity index (χ1v) is 13.9. The van der Waals surface area contributed by atoms with Crippen molar-refractivity contribution in [3.63, 3.8) is 0 Å². The number of anilines is 1. The Morgan fingerprint density at radius 3 is 2.38 bits per heavy atom. The lowest BCUT2D eigenvalue weighted by Crippen LogP contribution is -2.47. The predicted molar refractivity (Wildman–Crippen MR) is 155 cm³/mol.